The number of amides is 1. The van der Waals surface area contributed by atoms with Crippen LogP contribution in [-0.2, 0) is 19.5 Å². The second-order valence-corrected chi connectivity index (χ2v) is 8.27. The zero-order valence-electron chi connectivity index (χ0n) is 17.2. The zero-order chi connectivity index (χ0) is 23.2. The molecule has 0 saturated heterocycles. The lowest BCUT2D eigenvalue weighted by atomic mass is 10.1. The molecule has 0 aliphatic carbocycles. The van der Waals surface area contributed by atoms with Crippen LogP contribution in [0.25, 0.3) is 0 Å². The van der Waals surface area contributed by atoms with Crippen molar-refractivity contribution in [3.8, 4) is 0 Å². The van der Waals surface area contributed by atoms with E-state index in [-0.39, 0.29) is 28.9 Å². The Morgan fingerprint density at radius 2 is 1.48 bits per heavy atom. The van der Waals surface area contributed by atoms with Crippen LogP contribution in [0, 0.1) is 0 Å². The molecule has 0 aliphatic rings. The van der Waals surface area contributed by atoms with Gasteiger partial charge < -0.3 is 14.8 Å². The number of methoxy groups -OCH3 is 2. The fourth-order valence-electron chi connectivity index (χ4n) is 2.70. The largest absolute Gasteiger partial charge is 0.465 e. The van der Waals surface area contributed by atoms with E-state index in [1.165, 1.54) is 62.8 Å². The van der Waals surface area contributed by atoms with Gasteiger partial charge >= 0.3 is 11.9 Å². The molecule has 0 fully saturated rings. The Morgan fingerprint density at radius 1 is 0.968 bits per heavy atom. The minimum absolute atomic E-state index is 0.0595. The average Bonchev–Trinajstić information content (AvgIpc) is 2.75. The highest BCUT2D eigenvalue weighted by Gasteiger charge is 2.18. The van der Waals surface area contributed by atoms with E-state index >= 15 is 0 Å². The molecular weight excluding hydrogens is 424 g/mol. The van der Waals surface area contributed by atoms with E-state index in [0.717, 1.165) is 10.6 Å². The van der Waals surface area contributed by atoms with Crippen molar-refractivity contribution in [1.82, 2.24) is 0 Å². The van der Waals surface area contributed by atoms with Crippen LogP contribution < -0.4 is 9.62 Å². The van der Waals surface area contributed by atoms with Gasteiger partial charge in [0.15, 0.2) is 0 Å². The summed E-state index contributed by atoms with van der Waals surface area (Å²) in [6.45, 7) is 3.63. The number of carbonyl (C=O) groups excluding carboxylic acids is 3. The molecule has 1 N–H and O–H groups in total. The highest BCUT2D eigenvalue weighted by Crippen LogP contribution is 2.21. The van der Waals surface area contributed by atoms with Gasteiger partial charge in [-0.05, 0) is 42.5 Å². The van der Waals surface area contributed by atoms with Gasteiger partial charge in [0, 0.05) is 11.3 Å². The third-order valence-corrected chi connectivity index (χ3v) is 5.31. The standard InChI is InChI=1S/C21H22N2O7S/c1-5-10-23(31(4,27)28)18-8-6-14(7-9-18)19(24)22-17-12-15(20(25)29-2)11-16(13-17)21(26)30-3/h5-9,11-13H,1,10H2,2-4H3,(H,22,24). The van der Waals surface area contributed by atoms with E-state index in [2.05, 4.69) is 21.4 Å². The first kappa shape index (κ1) is 23.6. The molecule has 2 aromatic rings. The van der Waals surface area contributed by atoms with Crippen LogP contribution in [0.4, 0.5) is 11.4 Å². The van der Waals surface area contributed by atoms with E-state index < -0.39 is 27.9 Å². The molecule has 9 nitrogen and oxygen atoms in total. The lowest BCUT2D eigenvalue weighted by Crippen LogP contribution is -2.29. The lowest BCUT2D eigenvalue weighted by molar-refractivity contribution is 0.0598. The van der Waals surface area contributed by atoms with Crippen LogP contribution >= 0.6 is 0 Å². The molecule has 1 amide bonds. The van der Waals surface area contributed by atoms with E-state index in [9.17, 15) is 22.8 Å². The summed E-state index contributed by atoms with van der Waals surface area (Å²) in [5, 5.41) is 2.60. The maximum absolute atomic E-state index is 12.6. The van der Waals surface area contributed by atoms with Crippen molar-refractivity contribution in [3.05, 3.63) is 71.8 Å². The van der Waals surface area contributed by atoms with E-state index in [1.54, 1.807) is 0 Å². The van der Waals surface area contributed by atoms with Crippen LogP contribution in [-0.4, -0.2) is 53.3 Å². The molecule has 0 atom stereocenters. The Balaban J connectivity index is 2.31. The number of hydrogen-bond donors (Lipinski definition) is 1. The van der Waals surface area contributed by atoms with Gasteiger partial charge in [-0.15, -0.1) is 6.58 Å². The molecule has 0 spiro atoms. The molecule has 0 unspecified atom stereocenters. The van der Waals surface area contributed by atoms with Gasteiger partial charge in [-0.25, -0.2) is 18.0 Å². The molecule has 10 heteroatoms. The topological polar surface area (TPSA) is 119 Å². The third kappa shape index (κ3) is 5.92. The lowest BCUT2D eigenvalue weighted by Gasteiger charge is -2.20. The highest BCUT2D eigenvalue weighted by atomic mass is 32.2. The normalized spacial score (nSPS) is 10.7. The summed E-state index contributed by atoms with van der Waals surface area (Å²) in [6.07, 6.45) is 2.53. The summed E-state index contributed by atoms with van der Waals surface area (Å²) in [7, 11) is -1.13. The van der Waals surface area contributed by atoms with Gasteiger partial charge in [0.25, 0.3) is 5.91 Å². The van der Waals surface area contributed by atoms with Crippen molar-refractivity contribution in [1.29, 1.82) is 0 Å². The first-order valence-electron chi connectivity index (χ1n) is 8.92. The van der Waals surface area contributed by atoms with Crippen LogP contribution in [0.3, 0.4) is 0 Å². The smallest absolute Gasteiger partial charge is 0.337 e. The summed E-state index contributed by atoms with van der Waals surface area (Å²) in [4.78, 5) is 36.4. The van der Waals surface area contributed by atoms with Crippen molar-refractivity contribution in [2.45, 2.75) is 0 Å². The number of benzene rings is 2. The molecular formula is C21H22N2O7S. The van der Waals surface area contributed by atoms with Crippen LogP contribution in [0.2, 0.25) is 0 Å². The Hall–Kier alpha value is -3.66. The number of sulfonamides is 1. The number of nitrogens with one attached hydrogen (secondary N) is 1. The molecule has 31 heavy (non-hydrogen) atoms. The predicted molar refractivity (Wildman–Crippen MR) is 116 cm³/mol. The Kier molecular flexibility index (Phi) is 7.54. The number of esters is 2. The van der Waals surface area contributed by atoms with E-state index in [4.69, 9.17) is 0 Å². The number of nitrogens with zero attached hydrogens (tertiary/aromatic N) is 1. The first-order valence-corrected chi connectivity index (χ1v) is 10.8. The van der Waals surface area contributed by atoms with Crippen LogP contribution in [0.15, 0.2) is 55.1 Å². The molecule has 2 rings (SSSR count). The Labute approximate surface area is 180 Å². The summed E-state index contributed by atoms with van der Waals surface area (Å²) in [5.41, 5.74) is 0.911. The number of hydrogen-bond acceptors (Lipinski definition) is 7. The van der Waals surface area contributed by atoms with Crippen molar-refractivity contribution in [2.75, 3.05) is 36.6 Å². The fourth-order valence-corrected chi connectivity index (χ4v) is 3.58. The summed E-state index contributed by atoms with van der Waals surface area (Å²) in [6, 6.07) is 9.91. The van der Waals surface area contributed by atoms with Gasteiger partial charge in [0.05, 0.1) is 43.8 Å². The van der Waals surface area contributed by atoms with E-state index in [1.807, 2.05) is 0 Å². The van der Waals surface area contributed by atoms with Crippen molar-refractivity contribution in [2.24, 2.45) is 0 Å². The van der Waals surface area contributed by atoms with Gasteiger partial charge in [-0.3, -0.25) is 9.10 Å². The Bertz CT molecular complexity index is 1070. The third-order valence-electron chi connectivity index (χ3n) is 4.15. The highest BCUT2D eigenvalue weighted by molar-refractivity contribution is 7.92. The van der Waals surface area contributed by atoms with Gasteiger partial charge in [0.1, 0.15) is 0 Å². The number of anilines is 2. The van der Waals surface area contributed by atoms with Crippen molar-refractivity contribution in [3.63, 3.8) is 0 Å². The first-order chi connectivity index (χ1) is 14.6. The average molecular weight is 446 g/mol. The Morgan fingerprint density at radius 3 is 1.90 bits per heavy atom. The molecule has 0 aliphatic heterocycles. The quantitative estimate of drug-likeness (QED) is 0.489. The summed E-state index contributed by atoms with van der Waals surface area (Å²) >= 11 is 0. The summed E-state index contributed by atoms with van der Waals surface area (Å²) < 4.78 is 34.3. The van der Waals surface area contributed by atoms with Crippen molar-refractivity contribution < 1.29 is 32.3 Å². The number of ether oxygens (including phenoxy) is 2. The number of carbonyl (C=O) groups is 3. The molecule has 0 aromatic heterocycles. The maximum Gasteiger partial charge on any atom is 0.337 e. The van der Waals surface area contributed by atoms with Crippen molar-refractivity contribution >= 4 is 39.2 Å². The van der Waals surface area contributed by atoms with E-state index in [0.29, 0.717) is 5.69 Å². The SMILES string of the molecule is C=CCN(c1ccc(C(=O)Nc2cc(C(=O)OC)cc(C(=O)OC)c2)cc1)S(C)(=O)=O. The van der Waals surface area contributed by atoms with Crippen LogP contribution in [0.1, 0.15) is 31.1 Å². The monoisotopic (exact) mass is 446 g/mol. The second kappa shape index (κ2) is 9.90. The second-order valence-electron chi connectivity index (χ2n) is 6.37. The molecule has 0 radical (unpaired) electrons. The maximum atomic E-state index is 12.6. The number of rotatable bonds is 8. The minimum atomic E-state index is -3.52. The molecule has 0 heterocycles. The predicted octanol–water partition coefficient (Wildman–Crippen LogP) is 2.46. The molecule has 0 bridgehead atoms. The van der Waals surface area contributed by atoms with Gasteiger partial charge in [-0.1, -0.05) is 6.08 Å². The van der Waals surface area contributed by atoms with Gasteiger partial charge in [0.2, 0.25) is 10.0 Å². The summed E-state index contributed by atoms with van der Waals surface area (Å²) in [5.74, 6) is -1.90. The zero-order valence-corrected chi connectivity index (χ0v) is 18.1. The molecule has 164 valence electrons. The minimum Gasteiger partial charge on any atom is -0.465 e. The van der Waals surface area contributed by atoms with Gasteiger partial charge in [-0.2, -0.15) is 0 Å². The molecule has 2 aromatic carbocycles. The van der Waals surface area contributed by atoms with Crippen LogP contribution in [0.5, 0.6) is 0 Å². The molecule has 0 saturated carbocycles. The fraction of sp³-hybridized carbons (Fsp3) is 0.190.